The molecule has 0 spiro atoms. The maximum Gasteiger partial charge on any atom is 0.317 e. The molecule has 0 unspecified atom stereocenters. The van der Waals surface area contributed by atoms with Gasteiger partial charge >= 0.3 is 12.0 Å². The van der Waals surface area contributed by atoms with Crippen molar-refractivity contribution in [2.24, 2.45) is 12.5 Å². The van der Waals surface area contributed by atoms with Crippen molar-refractivity contribution in [3.05, 3.63) is 17.5 Å². The minimum Gasteiger partial charge on any atom is -0.481 e. The summed E-state index contributed by atoms with van der Waals surface area (Å²) in [5.41, 5.74) is 1.29. The van der Waals surface area contributed by atoms with Crippen LogP contribution in [0.3, 0.4) is 0 Å². The molecule has 21 heavy (non-hydrogen) atoms. The summed E-state index contributed by atoms with van der Waals surface area (Å²) in [5, 5.41) is 16.2. The van der Waals surface area contributed by atoms with Crippen LogP contribution in [0.5, 0.6) is 0 Å². The molecule has 1 aliphatic heterocycles. The van der Waals surface area contributed by atoms with Crippen LogP contribution in [0.2, 0.25) is 0 Å². The molecule has 1 aliphatic rings. The molecule has 2 heterocycles. The van der Waals surface area contributed by atoms with Crippen molar-refractivity contribution in [1.29, 1.82) is 0 Å². The van der Waals surface area contributed by atoms with E-state index in [0.717, 1.165) is 11.3 Å². The second-order valence-electron chi connectivity index (χ2n) is 5.89. The number of carboxylic acids is 1. The first-order chi connectivity index (χ1) is 9.83. The van der Waals surface area contributed by atoms with Crippen molar-refractivity contribution in [3.8, 4) is 0 Å². The molecule has 116 valence electrons. The molecule has 2 rings (SSSR count). The maximum atomic E-state index is 12.1. The first-order valence-corrected chi connectivity index (χ1v) is 7.07. The molecule has 7 heteroatoms. The largest absolute Gasteiger partial charge is 0.481 e. The molecule has 1 aromatic heterocycles. The van der Waals surface area contributed by atoms with Gasteiger partial charge in [0.1, 0.15) is 0 Å². The zero-order chi connectivity index (χ0) is 15.6. The van der Waals surface area contributed by atoms with E-state index in [2.05, 4.69) is 10.4 Å². The van der Waals surface area contributed by atoms with Crippen molar-refractivity contribution in [2.45, 2.75) is 33.2 Å². The van der Waals surface area contributed by atoms with E-state index < -0.39 is 11.4 Å². The first-order valence-electron chi connectivity index (χ1n) is 7.07. The number of nitrogens with one attached hydrogen (secondary N) is 1. The summed E-state index contributed by atoms with van der Waals surface area (Å²) in [6.45, 7) is 5.07. The molecule has 2 N–H and O–H groups in total. The Morgan fingerprint density at radius 2 is 2.05 bits per heavy atom. The molecule has 0 bridgehead atoms. The van der Waals surface area contributed by atoms with Crippen LogP contribution < -0.4 is 5.32 Å². The number of nitrogens with zero attached hydrogens (tertiary/aromatic N) is 3. The molecule has 0 radical (unpaired) electrons. The lowest BCUT2D eigenvalue weighted by molar-refractivity contribution is -0.150. The van der Waals surface area contributed by atoms with E-state index in [1.165, 1.54) is 0 Å². The molecule has 2 amide bonds. The number of carboxylic acid groups (broad SMARTS) is 1. The van der Waals surface area contributed by atoms with Gasteiger partial charge in [-0.2, -0.15) is 5.10 Å². The molecule has 7 nitrogen and oxygen atoms in total. The Balaban J connectivity index is 1.85. The number of urea groups is 1. The number of aromatic nitrogens is 2. The maximum absolute atomic E-state index is 12.1. The molecule has 1 fully saturated rings. The van der Waals surface area contributed by atoms with Gasteiger partial charge in [0.05, 0.1) is 11.6 Å². The smallest absolute Gasteiger partial charge is 0.317 e. The van der Waals surface area contributed by atoms with E-state index >= 15 is 0 Å². The summed E-state index contributed by atoms with van der Waals surface area (Å²) in [7, 11) is 1.86. The quantitative estimate of drug-likeness (QED) is 0.874. The van der Waals surface area contributed by atoms with Crippen molar-refractivity contribution in [2.75, 3.05) is 13.1 Å². The van der Waals surface area contributed by atoms with Gasteiger partial charge in [0.25, 0.3) is 0 Å². The van der Waals surface area contributed by atoms with Gasteiger partial charge in [-0.1, -0.05) is 0 Å². The van der Waals surface area contributed by atoms with Crippen molar-refractivity contribution >= 4 is 12.0 Å². The Morgan fingerprint density at radius 3 is 2.52 bits per heavy atom. The second kappa shape index (κ2) is 5.75. The van der Waals surface area contributed by atoms with E-state index in [9.17, 15) is 14.7 Å². The number of hydrogen-bond donors (Lipinski definition) is 2. The lowest BCUT2D eigenvalue weighted by atomic mass is 9.80. The van der Waals surface area contributed by atoms with Crippen LogP contribution in [0.4, 0.5) is 4.79 Å². The van der Waals surface area contributed by atoms with Crippen LogP contribution in [0.25, 0.3) is 0 Å². The SMILES string of the molecule is Cc1c(CNC(=O)N2CCC(C)(C(=O)O)CC2)cnn1C. The lowest BCUT2D eigenvalue weighted by Gasteiger charge is -2.36. The van der Waals surface area contributed by atoms with Gasteiger partial charge in [-0.25, -0.2) is 4.79 Å². The third-order valence-electron chi connectivity index (χ3n) is 4.44. The number of aliphatic carboxylic acids is 1. The predicted molar refractivity (Wildman–Crippen MR) is 76.7 cm³/mol. The van der Waals surface area contributed by atoms with Crippen LogP contribution >= 0.6 is 0 Å². The molecule has 0 aromatic carbocycles. The number of rotatable bonds is 3. The molecule has 0 saturated carbocycles. The van der Waals surface area contributed by atoms with E-state index in [1.54, 1.807) is 22.7 Å². The highest BCUT2D eigenvalue weighted by atomic mass is 16.4. The van der Waals surface area contributed by atoms with E-state index in [-0.39, 0.29) is 6.03 Å². The summed E-state index contributed by atoms with van der Waals surface area (Å²) in [4.78, 5) is 25.0. The highest BCUT2D eigenvalue weighted by molar-refractivity contribution is 5.77. The normalized spacial score (nSPS) is 17.6. The van der Waals surface area contributed by atoms with Crippen LogP contribution in [-0.4, -0.2) is 44.9 Å². The van der Waals surface area contributed by atoms with Gasteiger partial charge in [0.15, 0.2) is 0 Å². The van der Waals surface area contributed by atoms with Gasteiger partial charge < -0.3 is 15.3 Å². The average Bonchev–Trinajstić information content (AvgIpc) is 2.77. The van der Waals surface area contributed by atoms with Crippen LogP contribution in [0.15, 0.2) is 6.20 Å². The third kappa shape index (κ3) is 3.17. The van der Waals surface area contributed by atoms with E-state index in [4.69, 9.17) is 0 Å². The number of likely N-dealkylation sites (tertiary alicyclic amines) is 1. The van der Waals surface area contributed by atoms with Gasteiger partial charge in [-0.15, -0.1) is 0 Å². The molecular weight excluding hydrogens is 272 g/mol. The number of piperidine rings is 1. The summed E-state index contributed by atoms with van der Waals surface area (Å²) >= 11 is 0. The molecule has 0 aliphatic carbocycles. The summed E-state index contributed by atoms with van der Waals surface area (Å²) in [5.74, 6) is -0.784. The molecule has 1 aromatic rings. The Morgan fingerprint density at radius 1 is 1.43 bits per heavy atom. The van der Waals surface area contributed by atoms with Crippen molar-refractivity contribution in [1.82, 2.24) is 20.0 Å². The van der Waals surface area contributed by atoms with Crippen LogP contribution in [0, 0.1) is 12.3 Å². The van der Waals surface area contributed by atoms with Crippen LogP contribution in [0.1, 0.15) is 31.0 Å². The zero-order valence-electron chi connectivity index (χ0n) is 12.7. The van der Waals surface area contributed by atoms with Gasteiger partial charge in [0.2, 0.25) is 0 Å². The summed E-state index contributed by atoms with van der Waals surface area (Å²) in [6, 6.07) is -0.148. The predicted octanol–water partition coefficient (Wildman–Crippen LogP) is 1.12. The highest BCUT2D eigenvalue weighted by Crippen LogP contribution is 2.30. The summed E-state index contributed by atoms with van der Waals surface area (Å²) in [6.07, 6.45) is 2.72. The van der Waals surface area contributed by atoms with Crippen molar-refractivity contribution in [3.63, 3.8) is 0 Å². The molecular formula is C14H22N4O3. The Bertz CT molecular complexity index is 544. The Hall–Kier alpha value is -2.05. The minimum atomic E-state index is -0.784. The third-order valence-corrected chi connectivity index (χ3v) is 4.44. The second-order valence-corrected chi connectivity index (χ2v) is 5.89. The standard InChI is InChI=1S/C14H22N4O3/c1-10-11(9-16-17(10)3)8-15-13(21)18-6-4-14(2,5-7-18)12(19)20/h9H,4-8H2,1-3H3,(H,15,21)(H,19,20). The fourth-order valence-corrected chi connectivity index (χ4v) is 2.42. The Labute approximate surface area is 123 Å². The fraction of sp³-hybridized carbons (Fsp3) is 0.643. The van der Waals surface area contributed by atoms with Gasteiger partial charge in [-0.3, -0.25) is 9.48 Å². The fourth-order valence-electron chi connectivity index (χ4n) is 2.42. The zero-order valence-corrected chi connectivity index (χ0v) is 12.7. The van der Waals surface area contributed by atoms with Gasteiger partial charge in [-0.05, 0) is 26.7 Å². The van der Waals surface area contributed by atoms with E-state index in [1.807, 2.05) is 14.0 Å². The van der Waals surface area contributed by atoms with E-state index in [0.29, 0.717) is 32.5 Å². The highest BCUT2D eigenvalue weighted by Gasteiger charge is 2.37. The monoisotopic (exact) mass is 294 g/mol. The molecule has 1 saturated heterocycles. The molecule has 0 atom stereocenters. The Kier molecular flexibility index (Phi) is 4.20. The van der Waals surface area contributed by atoms with Gasteiger partial charge in [0, 0.05) is 37.9 Å². The minimum absolute atomic E-state index is 0.148. The number of hydrogen-bond acceptors (Lipinski definition) is 3. The summed E-state index contributed by atoms with van der Waals surface area (Å²) < 4.78 is 1.76. The lowest BCUT2D eigenvalue weighted by Crippen LogP contribution is -2.48. The topological polar surface area (TPSA) is 87.5 Å². The first kappa shape index (κ1) is 15.3. The number of carbonyl (C=O) groups excluding carboxylic acids is 1. The van der Waals surface area contributed by atoms with Crippen LogP contribution in [-0.2, 0) is 18.4 Å². The number of carbonyl (C=O) groups is 2. The number of amides is 2. The number of aryl methyl sites for hydroxylation is 1. The van der Waals surface area contributed by atoms with Crippen molar-refractivity contribution < 1.29 is 14.7 Å². The average molecular weight is 294 g/mol.